The average molecular weight is 394 g/mol. The van der Waals surface area contributed by atoms with Gasteiger partial charge in [-0.2, -0.15) is 0 Å². The molecule has 0 amide bonds. The van der Waals surface area contributed by atoms with Crippen molar-refractivity contribution >= 4 is 17.8 Å². The number of nitrogen functional groups attached to an aromatic ring is 1. The van der Waals surface area contributed by atoms with Gasteiger partial charge in [0.05, 0.1) is 0 Å². The van der Waals surface area contributed by atoms with Crippen LogP contribution in [-0.4, -0.2) is 6.61 Å². The summed E-state index contributed by atoms with van der Waals surface area (Å²) < 4.78 is 5.63. The van der Waals surface area contributed by atoms with Crippen molar-refractivity contribution in [3.8, 4) is 5.75 Å². The molecule has 0 heterocycles. The SMILES string of the molecule is C=CCOc1cc(/C=C/c2ccc(N)cc2)ccc1C.CCC(C)CC(C)(C)C. The van der Waals surface area contributed by atoms with Gasteiger partial charge in [-0.1, -0.05) is 90.1 Å². The standard InChI is InChI=1S/C18H19NO.C9H20/c1-3-12-20-18-13-16(5-4-14(18)2)7-6-15-8-10-17(19)11-9-15;1-6-8(2)7-9(3,4)5/h3-11,13H,1,12,19H2,2H3;8H,6-7H2,1-5H3/b7-6+;. The summed E-state index contributed by atoms with van der Waals surface area (Å²) >= 11 is 0. The Morgan fingerprint density at radius 2 is 1.62 bits per heavy atom. The van der Waals surface area contributed by atoms with Crippen LogP contribution in [0.4, 0.5) is 5.69 Å². The molecule has 2 aromatic rings. The molecule has 0 spiro atoms. The molecular weight excluding hydrogens is 354 g/mol. The first-order valence-electron chi connectivity index (χ1n) is 10.5. The number of nitrogens with two attached hydrogens (primary N) is 1. The Hall–Kier alpha value is -2.48. The van der Waals surface area contributed by atoms with E-state index in [1.165, 1.54) is 12.8 Å². The molecule has 0 saturated heterocycles. The second-order valence-electron chi connectivity index (χ2n) is 8.90. The van der Waals surface area contributed by atoms with E-state index in [1.54, 1.807) is 6.08 Å². The molecule has 2 heteroatoms. The highest BCUT2D eigenvalue weighted by atomic mass is 16.5. The first kappa shape index (κ1) is 24.6. The van der Waals surface area contributed by atoms with Gasteiger partial charge in [-0.05, 0) is 59.6 Å². The lowest BCUT2D eigenvalue weighted by atomic mass is 9.84. The summed E-state index contributed by atoms with van der Waals surface area (Å²) in [6.07, 6.45) is 8.53. The summed E-state index contributed by atoms with van der Waals surface area (Å²) in [7, 11) is 0. The monoisotopic (exact) mass is 393 g/mol. The zero-order valence-corrected chi connectivity index (χ0v) is 19.2. The van der Waals surface area contributed by atoms with Crippen molar-refractivity contribution in [3.63, 3.8) is 0 Å². The van der Waals surface area contributed by atoms with Crippen LogP contribution >= 0.6 is 0 Å². The molecule has 0 aliphatic heterocycles. The molecule has 29 heavy (non-hydrogen) atoms. The summed E-state index contributed by atoms with van der Waals surface area (Å²) in [5.41, 5.74) is 10.3. The lowest BCUT2D eigenvalue weighted by Gasteiger charge is -2.21. The quantitative estimate of drug-likeness (QED) is 0.296. The molecule has 0 aromatic heterocycles. The van der Waals surface area contributed by atoms with Crippen LogP contribution in [0.2, 0.25) is 0 Å². The predicted octanol–water partition coefficient (Wildman–Crippen LogP) is 7.78. The number of hydrogen-bond donors (Lipinski definition) is 1. The molecule has 0 aliphatic rings. The fourth-order valence-electron chi connectivity index (χ4n) is 3.01. The topological polar surface area (TPSA) is 35.2 Å². The maximum Gasteiger partial charge on any atom is 0.123 e. The van der Waals surface area contributed by atoms with E-state index in [-0.39, 0.29) is 0 Å². The smallest absolute Gasteiger partial charge is 0.123 e. The highest BCUT2D eigenvalue weighted by Gasteiger charge is 2.13. The van der Waals surface area contributed by atoms with Gasteiger partial charge in [0.25, 0.3) is 0 Å². The van der Waals surface area contributed by atoms with Crippen LogP contribution in [0.15, 0.2) is 55.1 Å². The molecule has 0 fully saturated rings. The van der Waals surface area contributed by atoms with Crippen molar-refractivity contribution in [2.45, 2.75) is 54.4 Å². The van der Waals surface area contributed by atoms with Gasteiger partial charge >= 0.3 is 0 Å². The average Bonchev–Trinajstić information content (AvgIpc) is 2.66. The Kier molecular flexibility index (Phi) is 10.3. The summed E-state index contributed by atoms with van der Waals surface area (Å²) in [4.78, 5) is 0. The van der Waals surface area contributed by atoms with Gasteiger partial charge in [-0.3, -0.25) is 0 Å². The number of ether oxygens (including phenoxy) is 1. The summed E-state index contributed by atoms with van der Waals surface area (Å²) in [5, 5.41) is 0. The van der Waals surface area contributed by atoms with Gasteiger partial charge in [0.15, 0.2) is 0 Å². The van der Waals surface area contributed by atoms with E-state index in [0.29, 0.717) is 12.0 Å². The van der Waals surface area contributed by atoms with Gasteiger partial charge in [-0.15, -0.1) is 0 Å². The minimum atomic E-state index is 0.520. The molecule has 0 saturated carbocycles. The molecule has 2 aromatic carbocycles. The normalized spacial score (nSPS) is 12.2. The summed E-state index contributed by atoms with van der Waals surface area (Å²) in [5.74, 6) is 1.79. The molecule has 1 atom stereocenters. The Morgan fingerprint density at radius 1 is 1.03 bits per heavy atom. The zero-order chi connectivity index (χ0) is 21.9. The summed E-state index contributed by atoms with van der Waals surface area (Å²) in [6.45, 7) is 17.7. The van der Waals surface area contributed by atoms with Gasteiger partial charge in [-0.25, -0.2) is 0 Å². The Bertz CT molecular complexity index is 766. The predicted molar refractivity (Wildman–Crippen MR) is 130 cm³/mol. The van der Waals surface area contributed by atoms with E-state index >= 15 is 0 Å². The molecule has 2 rings (SSSR count). The Labute approximate surface area is 178 Å². The lowest BCUT2D eigenvalue weighted by molar-refractivity contribution is 0.302. The fraction of sp³-hybridized carbons (Fsp3) is 0.407. The van der Waals surface area contributed by atoms with Crippen LogP contribution in [0.5, 0.6) is 5.75 Å². The van der Waals surface area contributed by atoms with Crippen molar-refractivity contribution in [1.29, 1.82) is 0 Å². The van der Waals surface area contributed by atoms with E-state index in [0.717, 1.165) is 34.0 Å². The highest BCUT2D eigenvalue weighted by molar-refractivity contribution is 5.71. The van der Waals surface area contributed by atoms with Crippen LogP contribution in [0.3, 0.4) is 0 Å². The van der Waals surface area contributed by atoms with Crippen LogP contribution in [0.25, 0.3) is 12.2 Å². The first-order valence-corrected chi connectivity index (χ1v) is 10.5. The lowest BCUT2D eigenvalue weighted by Crippen LogP contribution is -2.09. The second-order valence-corrected chi connectivity index (χ2v) is 8.90. The van der Waals surface area contributed by atoms with Crippen molar-refractivity contribution < 1.29 is 4.74 Å². The third-order valence-electron chi connectivity index (χ3n) is 4.63. The fourth-order valence-corrected chi connectivity index (χ4v) is 3.01. The van der Waals surface area contributed by atoms with E-state index in [4.69, 9.17) is 10.5 Å². The first-order chi connectivity index (χ1) is 13.6. The van der Waals surface area contributed by atoms with Gasteiger partial charge in [0.1, 0.15) is 12.4 Å². The van der Waals surface area contributed by atoms with Gasteiger partial charge in [0.2, 0.25) is 0 Å². The second kappa shape index (κ2) is 12.2. The molecule has 2 N–H and O–H groups in total. The number of benzene rings is 2. The maximum atomic E-state index is 5.67. The third-order valence-corrected chi connectivity index (χ3v) is 4.63. The minimum Gasteiger partial charge on any atom is -0.489 e. The molecule has 0 radical (unpaired) electrons. The summed E-state index contributed by atoms with van der Waals surface area (Å²) in [6, 6.07) is 13.9. The number of anilines is 1. The maximum absolute atomic E-state index is 5.67. The minimum absolute atomic E-state index is 0.520. The van der Waals surface area contributed by atoms with Crippen LogP contribution < -0.4 is 10.5 Å². The number of hydrogen-bond acceptors (Lipinski definition) is 2. The number of aryl methyl sites for hydroxylation is 1. The Morgan fingerprint density at radius 3 is 2.14 bits per heavy atom. The van der Waals surface area contributed by atoms with Crippen LogP contribution in [0.1, 0.15) is 64.2 Å². The Balaban J connectivity index is 0.000000396. The molecule has 158 valence electrons. The van der Waals surface area contributed by atoms with E-state index in [2.05, 4.69) is 65.5 Å². The van der Waals surface area contributed by atoms with Crippen molar-refractivity contribution in [3.05, 3.63) is 71.8 Å². The van der Waals surface area contributed by atoms with E-state index in [1.807, 2.05) is 37.3 Å². The van der Waals surface area contributed by atoms with Crippen molar-refractivity contribution in [2.24, 2.45) is 11.3 Å². The van der Waals surface area contributed by atoms with Gasteiger partial charge in [0, 0.05) is 5.69 Å². The molecule has 0 bridgehead atoms. The highest BCUT2D eigenvalue weighted by Crippen LogP contribution is 2.25. The molecule has 1 unspecified atom stereocenters. The number of rotatable bonds is 7. The van der Waals surface area contributed by atoms with Crippen LogP contribution in [-0.2, 0) is 0 Å². The van der Waals surface area contributed by atoms with Gasteiger partial charge < -0.3 is 10.5 Å². The van der Waals surface area contributed by atoms with E-state index < -0.39 is 0 Å². The van der Waals surface area contributed by atoms with Crippen molar-refractivity contribution in [1.82, 2.24) is 0 Å². The molecular formula is C27H39NO. The zero-order valence-electron chi connectivity index (χ0n) is 19.2. The van der Waals surface area contributed by atoms with Crippen molar-refractivity contribution in [2.75, 3.05) is 12.3 Å². The van der Waals surface area contributed by atoms with E-state index in [9.17, 15) is 0 Å². The molecule has 0 aliphatic carbocycles. The van der Waals surface area contributed by atoms with Crippen LogP contribution in [0, 0.1) is 18.3 Å². The third kappa shape index (κ3) is 10.6. The molecule has 2 nitrogen and oxygen atoms in total. The largest absolute Gasteiger partial charge is 0.489 e.